The lowest BCUT2D eigenvalue weighted by molar-refractivity contribution is -0.118. The second kappa shape index (κ2) is 17.9. The zero-order valence-electron chi connectivity index (χ0n) is 33.6. The maximum absolute atomic E-state index is 16.0. The second-order valence-electron chi connectivity index (χ2n) is 15.9. The van der Waals surface area contributed by atoms with Crippen molar-refractivity contribution in [3.63, 3.8) is 0 Å². The molecule has 314 valence electrons. The van der Waals surface area contributed by atoms with E-state index >= 15 is 4.39 Å². The molecule has 1 aliphatic carbocycles. The van der Waals surface area contributed by atoms with Crippen LogP contribution in [0.2, 0.25) is 5.02 Å². The van der Waals surface area contributed by atoms with Crippen LogP contribution in [-0.4, -0.2) is 92.2 Å². The summed E-state index contributed by atoms with van der Waals surface area (Å²) in [6, 6.07) is 20.3. The number of pyridine rings is 1. The second-order valence-corrected chi connectivity index (χ2v) is 18.3. The van der Waals surface area contributed by atoms with Crippen LogP contribution in [0.1, 0.15) is 62.6 Å². The van der Waals surface area contributed by atoms with Gasteiger partial charge in [-0.15, -0.1) is 0 Å². The van der Waals surface area contributed by atoms with E-state index in [9.17, 15) is 22.8 Å². The van der Waals surface area contributed by atoms with E-state index in [0.29, 0.717) is 28.6 Å². The summed E-state index contributed by atoms with van der Waals surface area (Å²) in [4.78, 5) is 46.9. The number of alkyl carbamates (subject to hydrolysis) is 1. The van der Waals surface area contributed by atoms with Crippen LogP contribution >= 0.6 is 11.6 Å². The van der Waals surface area contributed by atoms with Gasteiger partial charge < -0.3 is 29.7 Å². The van der Waals surface area contributed by atoms with E-state index < -0.39 is 63.0 Å². The third-order valence-corrected chi connectivity index (χ3v) is 12.7. The van der Waals surface area contributed by atoms with Gasteiger partial charge in [0, 0.05) is 65.5 Å². The lowest BCUT2D eigenvalue weighted by atomic mass is 9.85. The number of ether oxygens (including phenoxy) is 3. The fourth-order valence-electron chi connectivity index (χ4n) is 7.41. The van der Waals surface area contributed by atoms with E-state index in [1.165, 1.54) is 55.1 Å². The molecule has 2 heterocycles. The maximum atomic E-state index is 16.0. The van der Waals surface area contributed by atoms with Crippen LogP contribution in [0.5, 0.6) is 5.88 Å². The minimum absolute atomic E-state index is 0.00264. The Labute approximate surface area is 349 Å². The van der Waals surface area contributed by atoms with E-state index in [2.05, 4.69) is 15.6 Å². The molecule has 3 aromatic carbocycles. The van der Waals surface area contributed by atoms with Gasteiger partial charge in [-0.25, -0.2) is 27.4 Å². The van der Waals surface area contributed by atoms with Crippen LogP contribution in [0.4, 0.5) is 19.7 Å². The number of sulfonamides is 1. The first-order chi connectivity index (χ1) is 28.0. The van der Waals surface area contributed by atoms with E-state index in [0.717, 1.165) is 12.8 Å². The fourth-order valence-corrected chi connectivity index (χ4v) is 9.32. The van der Waals surface area contributed by atoms with Gasteiger partial charge in [-0.05, 0) is 94.0 Å². The number of hydrogen-bond acceptors (Lipinski definition) is 9. The van der Waals surface area contributed by atoms with Gasteiger partial charge in [0.2, 0.25) is 21.8 Å². The Morgan fingerprint density at radius 3 is 2.25 bits per heavy atom. The molecule has 16 heteroatoms. The number of hydrogen-bond donors (Lipinski definition) is 2. The first-order valence-corrected chi connectivity index (χ1v) is 21.1. The predicted octanol–water partition coefficient (Wildman–Crippen LogP) is 7.40. The van der Waals surface area contributed by atoms with Crippen molar-refractivity contribution >= 4 is 45.4 Å². The van der Waals surface area contributed by atoms with Crippen molar-refractivity contribution in [2.75, 3.05) is 39.2 Å². The van der Waals surface area contributed by atoms with Crippen LogP contribution in [0.3, 0.4) is 0 Å². The Hall–Kier alpha value is -5.25. The highest BCUT2D eigenvalue weighted by Gasteiger charge is 2.52. The molecular formula is C43H49ClFN5O8S. The molecule has 59 heavy (non-hydrogen) atoms. The third kappa shape index (κ3) is 10.5. The Bertz CT molecular complexity index is 2240. The molecule has 1 saturated heterocycles. The first kappa shape index (κ1) is 43.3. The lowest BCUT2D eigenvalue weighted by Gasteiger charge is -2.32. The van der Waals surface area contributed by atoms with Crippen LogP contribution in [0, 0.1) is 11.2 Å². The van der Waals surface area contributed by atoms with Crippen molar-refractivity contribution in [2.45, 2.75) is 75.0 Å². The van der Waals surface area contributed by atoms with Crippen molar-refractivity contribution in [3.8, 4) is 5.88 Å². The molecule has 2 aliphatic rings. The Morgan fingerprint density at radius 1 is 0.949 bits per heavy atom. The molecule has 13 nitrogen and oxygen atoms in total. The number of rotatable bonds is 12. The Kier molecular flexibility index (Phi) is 13.2. The summed E-state index contributed by atoms with van der Waals surface area (Å²) in [6.07, 6.45) is 1.60. The largest absolute Gasteiger partial charge is 0.481 e. The van der Waals surface area contributed by atoms with Crippen LogP contribution in [-0.2, 0) is 30.7 Å². The molecule has 1 aromatic heterocycles. The van der Waals surface area contributed by atoms with Gasteiger partial charge in [0.1, 0.15) is 17.5 Å². The Balaban J connectivity index is 1.34. The minimum atomic E-state index is -4.07. The number of halogens is 2. The number of nitrogens with zero attached hydrogens (tertiary/aromatic N) is 3. The third-order valence-electron chi connectivity index (χ3n) is 10.5. The summed E-state index contributed by atoms with van der Waals surface area (Å²) in [5.41, 5.74) is 0.129. The quantitative estimate of drug-likeness (QED) is 0.148. The molecule has 3 atom stereocenters. The van der Waals surface area contributed by atoms with Gasteiger partial charge in [0.15, 0.2) is 0 Å². The minimum Gasteiger partial charge on any atom is -0.481 e. The van der Waals surface area contributed by atoms with Crippen molar-refractivity contribution in [1.29, 1.82) is 0 Å². The predicted molar refractivity (Wildman–Crippen MR) is 220 cm³/mol. The maximum Gasteiger partial charge on any atom is 0.410 e. The molecule has 0 bridgehead atoms. The van der Waals surface area contributed by atoms with Gasteiger partial charge in [-0.2, -0.15) is 4.31 Å². The normalized spacial score (nSPS) is 17.6. The van der Waals surface area contributed by atoms with Gasteiger partial charge in [0.25, 0.3) is 0 Å². The molecule has 4 aromatic rings. The monoisotopic (exact) mass is 849 g/mol. The molecule has 3 amide bonds. The molecule has 2 fully saturated rings. The average Bonchev–Trinajstić information content (AvgIpc) is 4.00. The lowest BCUT2D eigenvalue weighted by Crippen LogP contribution is -2.48. The highest BCUT2D eigenvalue weighted by Crippen LogP contribution is 2.50. The van der Waals surface area contributed by atoms with Crippen molar-refractivity contribution in [2.24, 2.45) is 5.41 Å². The summed E-state index contributed by atoms with van der Waals surface area (Å²) in [6.45, 7) is 5.79. The molecular weight excluding hydrogens is 801 g/mol. The number of carbonyl (C=O) groups is 3. The van der Waals surface area contributed by atoms with Crippen molar-refractivity contribution in [1.82, 2.24) is 19.5 Å². The molecule has 0 radical (unpaired) electrons. The summed E-state index contributed by atoms with van der Waals surface area (Å²) in [7, 11) is -1.43. The number of benzene rings is 3. The molecule has 0 unspecified atom stereocenters. The number of aromatic nitrogens is 1. The number of amides is 3. The van der Waals surface area contributed by atoms with Gasteiger partial charge >= 0.3 is 12.2 Å². The van der Waals surface area contributed by atoms with Crippen LogP contribution in [0.25, 0.3) is 0 Å². The summed E-state index contributed by atoms with van der Waals surface area (Å²) in [5.74, 6) is -1.84. The zero-order chi connectivity index (χ0) is 42.5. The Morgan fingerprint density at radius 2 is 1.64 bits per heavy atom. The summed E-state index contributed by atoms with van der Waals surface area (Å²) >= 11 is 6.22. The smallest absolute Gasteiger partial charge is 0.410 e. The van der Waals surface area contributed by atoms with Crippen LogP contribution in [0.15, 0.2) is 96.0 Å². The van der Waals surface area contributed by atoms with E-state index in [1.54, 1.807) is 80.3 Å². The molecule has 1 aliphatic heterocycles. The molecule has 2 N–H and O–H groups in total. The van der Waals surface area contributed by atoms with Gasteiger partial charge in [-0.3, -0.25) is 4.79 Å². The number of carbonyl (C=O) groups excluding carboxylic acids is 3. The number of nitrogens with one attached hydrogen (secondary N) is 2. The number of methoxy groups -OCH3 is 2. The molecule has 6 rings (SSSR count). The van der Waals surface area contributed by atoms with E-state index in [1.807, 2.05) is 0 Å². The summed E-state index contributed by atoms with van der Waals surface area (Å²) in [5, 5.41) is 5.95. The average molecular weight is 850 g/mol. The number of anilines is 1. The zero-order valence-corrected chi connectivity index (χ0v) is 35.2. The van der Waals surface area contributed by atoms with Gasteiger partial charge in [-0.1, -0.05) is 54.1 Å². The van der Waals surface area contributed by atoms with E-state index in [4.69, 9.17) is 25.8 Å². The standard InChI is InChI=1S/C43H49ClFN5O8S/c1-42(2,3)58-41(53)49-25-31(50(27-43(26-49)22-23-43)59(54,55)32-10-7-6-8-11-32)19-20-33-34(45)12-9-13-35(33)47-39(51)38(48-40(52)57-5)37(28-14-17-30(44)18-15-28)29-16-21-36(56-4)46-24-29/h6-18,21,24,31,37-38H,19-20,22-23,25-27H2,1-5H3,(H,47,51)(H,48,52)/t31-,37-,38-/m0/s1. The highest BCUT2D eigenvalue weighted by molar-refractivity contribution is 7.89. The summed E-state index contributed by atoms with van der Waals surface area (Å²) < 4.78 is 62.2. The SMILES string of the molecule is COC(=O)N[C@H](C(=O)Nc1cccc(F)c1CC[C@H]1CN(C(=O)OC(C)(C)C)CC2(CC2)CN1S(=O)(=O)c1ccccc1)[C@@H](c1ccc(Cl)cc1)c1ccc(OC)nc1. The molecule has 1 spiro atoms. The van der Waals surface area contributed by atoms with Gasteiger partial charge in [0.05, 0.1) is 19.1 Å². The van der Waals surface area contributed by atoms with Crippen molar-refractivity contribution in [3.05, 3.63) is 119 Å². The fraction of sp³-hybridized carbons (Fsp3) is 0.395. The van der Waals surface area contributed by atoms with Crippen molar-refractivity contribution < 1.29 is 41.4 Å². The topological polar surface area (TPSA) is 156 Å². The van der Waals surface area contributed by atoms with Crippen LogP contribution < -0.4 is 15.4 Å². The highest BCUT2D eigenvalue weighted by atomic mass is 35.5. The van der Waals surface area contributed by atoms with E-state index in [-0.39, 0.29) is 42.1 Å². The molecule has 1 saturated carbocycles. The first-order valence-electron chi connectivity index (χ1n) is 19.3.